The highest BCUT2D eigenvalue weighted by molar-refractivity contribution is 7.99. The number of benzene rings is 2. The Morgan fingerprint density at radius 2 is 1.94 bits per heavy atom. The van der Waals surface area contributed by atoms with E-state index in [1.807, 2.05) is 42.5 Å². The molecular formula is C25H26N4O4S. The summed E-state index contributed by atoms with van der Waals surface area (Å²) in [6.07, 6.45) is 3.95. The number of aromatic nitrogens is 3. The van der Waals surface area contributed by atoms with Crippen molar-refractivity contribution in [2.45, 2.75) is 50.9 Å². The first-order valence-corrected chi connectivity index (χ1v) is 12.5. The average molecular weight is 479 g/mol. The fourth-order valence-electron chi connectivity index (χ4n) is 4.09. The van der Waals surface area contributed by atoms with Crippen molar-refractivity contribution in [2.24, 2.45) is 0 Å². The Morgan fingerprint density at radius 3 is 2.79 bits per heavy atom. The minimum absolute atomic E-state index is 0.165. The summed E-state index contributed by atoms with van der Waals surface area (Å²) in [7, 11) is 0. The van der Waals surface area contributed by atoms with Crippen molar-refractivity contribution in [3.8, 4) is 28.6 Å². The number of unbranched alkanes of at least 4 members (excludes halogenated alkanes) is 3. The predicted octanol–water partition coefficient (Wildman–Crippen LogP) is 5.38. The molecular weight excluding hydrogens is 452 g/mol. The second-order valence-electron chi connectivity index (χ2n) is 8.15. The zero-order valence-corrected chi connectivity index (χ0v) is 20.0. The van der Waals surface area contributed by atoms with E-state index in [1.165, 1.54) is 26.2 Å². The maximum Gasteiger partial charge on any atom is 0.247 e. The van der Waals surface area contributed by atoms with Crippen molar-refractivity contribution >= 4 is 23.4 Å². The summed E-state index contributed by atoms with van der Waals surface area (Å²) in [4.78, 5) is 19.2. The van der Waals surface area contributed by atoms with Crippen LogP contribution in [0.3, 0.4) is 0 Å². The summed E-state index contributed by atoms with van der Waals surface area (Å²) in [5.41, 5.74) is 2.69. The van der Waals surface area contributed by atoms with Crippen molar-refractivity contribution in [2.75, 3.05) is 17.4 Å². The van der Waals surface area contributed by atoms with Crippen LogP contribution in [-0.4, -0.2) is 33.6 Å². The summed E-state index contributed by atoms with van der Waals surface area (Å²) in [6.45, 7) is 3.89. The molecule has 1 aromatic heterocycles. The molecule has 3 aromatic rings. The number of fused-ring (bicyclic) bond motifs is 4. The molecule has 0 saturated carbocycles. The SMILES string of the molecule is CCCCCCSc1nnc2c(n1)OC(c1ccc3c(c1)OCO3)N(C(C)=O)c1ccccc1-2. The van der Waals surface area contributed by atoms with E-state index in [4.69, 9.17) is 19.2 Å². The number of rotatable bonds is 7. The molecule has 176 valence electrons. The standard InChI is InChI=1S/C25H26N4O4S/c1-3-4-5-8-13-34-25-26-23-22(27-28-25)18-9-6-7-10-19(18)29(16(2)30)24(33-23)17-11-12-20-21(14-17)32-15-31-20/h6-7,9-12,14,24H,3-5,8,13,15H2,1-2H3. The lowest BCUT2D eigenvalue weighted by atomic mass is 10.1. The largest absolute Gasteiger partial charge is 0.454 e. The van der Waals surface area contributed by atoms with Crippen LogP contribution in [0, 0.1) is 0 Å². The summed E-state index contributed by atoms with van der Waals surface area (Å²) in [6, 6.07) is 13.1. The van der Waals surface area contributed by atoms with E-state index in [9.17, 15) is 4.79 Å². The van der Waals surface area contributed by atoms with E-state index in [-0.39, 0.29) is 12.7 Å². The first-order chi connectivity index (χ1) is 16.7. The van der Waals surface area contributed by atoms with Crippen molar-refractivity contribution in [1.29, 1.82) is 0 Å². The van der Waals surface area contributed by atoms with Crippen LogP contribution in [0.5, 0.6) is 17.4 Å². The molecule has 0 saturated heterocycles. The Hall–Kier alpha value is -3.33. The van der Waals surface area contributed by atoms with Crippen molar-refractivity contribution in [3.63, 3.8) is 0 Å². The van der Waals surface area contributed by atoms with E-state index in [1.54, 1.807) is 16.7 Å². The van der Waals surface area contributed by atoms with Gasteiger partial charge in [-0.1, -0.05) is 56.1 Å². The fraction of sp³-hybridized carbons (Fsp3) is 0.360. The monoisotopic (exact) mass is 478 g/mol. The van der Waals surface area contributed by atoms with Gasteiger partial charge >= 0.3 is 0 Å². The molecule has 1 atom stereocenters. The highest BCUT2D eigenvalue weighted by Gasteiger charge is 2.35. The Kier molecular flexibility index (Phi) is 6.53. The molecule has 34 heavy (non-hydrogen) atoms. The Bertz CT molecular complexity index is 1210. The molecule has 5 rings (SSSR count). The number of hydrogen-bond acceptors (Lipinski definition) is 8. The number of thioether (sulfide) groups is 1. The fourth-order valence-corrected chi connectivity index (χ4v) is 4.87. The van der Waals surface area contributed by atoms with Crippen molar-refractivity contribution in [1.82, 2.24) is 15.2 Å². The molecule has 8 nitrogen and oxygen atoms in total. The highest BCUT2D eigenvalue weighted by Crippen LogP contribution is 2.44. The molecule has 0 aliphatic carbocycles. The lowest BCUT2D eigenvalue weighted by Crippen LogP contribution is -2.36. The van der Waals surface area contributed by atoms with Gasteiger partial charge in [-0.05, 0) is 30.7 Å². The number of carbonyl (C=O) groups is 1. The van der Waals surface area contributed by atoms with Gasteiger partial charge in [-0.25, -0.2) is 0 Å². The van der Waals surface area contributed by atoms with E-state index in [0.717, 1.165) is 23.3 Å². The number of anilines is 1. The van der Waals surface area contributed by atoms with Gasteiger partial charge < -0.3 is 14.2 Å². The Labute approximate surface area is 202 Å². The van der Waals surface area contributed by atoms with Gasteiger partial charge in [-0.2, -0.15) is 4.98 Å². The second-order valence-corrected chi connectivity index (χ2v) is 9.21. The van der Waals surface area contributed by atoms with Gasteiger partial charge in [0.25, 0.3) is 0 Å². The molecule has 0 bridgehead atoms. The van der Waals surface area contributed by atoms with Crippen LogP contribution < -0.4 is 19.1 Å². The zero-order chi connectivity index (χ0) is 23.5. The maximum atomic E-state index is 12.9. The number of ether oxygens (including phenoxy) is 3. The molecule has 2 aromatic carbocycles. The van der Waals surface area contributed by atoms with E-state index < -0.39 is 6.23 Å². The number of hydrogen-bond donors (Lipinski definition) is 0. The minimum atomic E-state index is -0.756. The summed E-state index contributed by atoms with van der Waals surface area (Å²) in [5.74, 6) is 2.39. The molecule has 1 unspecified atom stereocenters. The van der Waals surface area contributed by atoms with Crippen LogP contribution in [-0.2, 0) is 4.79 Å². The van der Waals surface area contributed by atoms with Gasteiger partial charge in [0.05, 0.1) is 5.69 Å². The number of amides is 1. The lowest BCUT2D eigenvalue weighted by molar-refractivity contribution is -0.118. The van der Waals surface area contributed by atoms with E-state index >= 15 is 0 Å². The molecule has 3 heterocycles. The molecule has 0 N–H and O–H groups in total. The lowest BCUT2D eigenvalue weighted by Gasteiger charge is -2.29. The summed E-state index contributed by atoms with van der Waals surface area (Å²) in [5, 5.41) is 9.38. The van der Waals surface area contributed by atoms with Gasteiger partial charge in [-0.3, -0.25) is 9.69 Å². The van der Waals surface area contributed by atoms with Crippen molar-refractivity contribution < 1.29 is 19.0 Å². The Balaban J connectivity index is 1.54. The van der Waals surface area contributed by atoms with Crippen LogP contribution in [0.25, 0.3) is 11.3 Å². The Morgan fingerprint density at radius 1 is 1.09 bits per heavy atom. The zero-order valence-electron chi connectivity index (χ0n) is 19.2. The van der Waals surface area contributed by atoms with Gasteiger partial charge in [-0.15, -0.1) is 10.2 Å². The normalized spacial score (nSPS) is 15.8. The molecule has 0 fully saturated rings. The van der Waals surface area contributed by atoms with Crippen LogP contribution in [0.4, 0.5) is 5.69 Å². The molecule has 9 heteroatoms. The number of nitrogens with zero attached hydrogens (tertiary/aromatic N) is 4. The summed E-state index contributed by atoms with van der Waals surface area (Å²) < 4.78 is 17.4. The minimum Gasteiger partial charge on any atom is -0.454 e. The van der Waals surface area contributed by atoms with Crippen LogP contribution in [0.2, 0.25) is 0 Å². The third-order valence-corrected chi connectivity index (χ3v) is 6.69. The third kappa shape index (κ3) is 4.40. The van der Waals surface area contributed by atoms with Gasteiger partial charge in [0.15, 0.2) is 17.2 Å². The van der Waals surface area contributed by atoms with Crippen LogP contribution in [0.1, 0.15) is 51.3 Å². The topological polar surface area (TPSA) is 86.7 Å². The third-order valence-electron chi connectivity index (χ3n) is 5.76. The van der Waals surface area contributed by atoms with E-state index in [0.29, 0.717) is 33.9 Å². The highest BCUT2D eigenvalue weighted by atomic mass is 32.2. The maximum absolute atomic E-state index is 12.9. The molecule has 2 aliphatic rings. The predicted molar refractivity (Wildman–Crippen MR) is 129 cm³/mol. The van der Waals surface area contributed by atoms with E-state index in [2.05, 4.69) is 17.1 Å². The quantitative estimate of drug-likeness (QED) is 0.330. The average Bonchev–Trinajstić information content (AvgIpc) is 3.26. The number of para-hydroxylation sites is 1. The van der Waals surface area contributed by atoms with Crippen molar-refractivity contribution in [3.05, 3.63) is 48.0 Å². The van der Waals surface area contributed by atoms with Crippen LogP contribution in [0.15, 0.2) is 47.6 Å². The first kappa shape index (κ1) is 22.5. The molecule has 1 amide bonds. The first-order valence-electron chi connectivity index (χ1n) is 11.5. The number of carbonyl (C=O) groups excluding carboxylic acids is 1. The summed E-state index contributed by atoms with van der Waals surface area (Å²) >= 11 is 1.57. The van der Waals surface area contributed by atoms with Crippen LogP contribution >= 0.6 is 11.8 Å². The second kappa shape index (κ2) is 9.89. The van der Waals surface area contributed by atoms with Gasteiger partial charge in [0.1, 0.15) is 0 Å². The molecule has 2 aliphatic heterocycles. The molecule has 0 spiro atoms. The molecule has 0 radical (unpaired) electrons. The van der Waals surface area contributed by atoms with Gasteiger partial charge in [0, 0.05) is 23.8 Å². The van der Waals surface area contributed by atoms with Gasteiger partial charge in [0.2, 0.25) is 30.0 Å². The smallest absolute Gasteiger partial charge is 0.247 e.